The second kappa shape index (κ2) is 7.38. The molecule has 6 nitrogen and oxygen atoms in total. The smallest absolute Gasteiger partial charge is 0.274 e. The van der Waals surface area contributed by atoms with Crippen LogP contribution in [-0.4, -0.2) is 22.3 Å². The predicted octanol–water partition coefficient (Wildman–Crippen LogP) is 2.85. The fourth-order valence-electron chi connectivity index (χ4n) is 2.48. The maximum atomic E-state index is 12.6. The average Bonchev–Trinajstić information content (AvgIpc) is 2.64. The summed E-state index contributed by atoms with van der Waals surface area (Å²) in [6, 6.07) is 13.5. The van der Waals surface area contributed by atoms with Gasteiger partial charge in [0.05, 0.1) is 11.6 Å². The lowest BCUT2D eigenvalue weighted by Crippen LogP contribution is -2.23. The van der Waals surface area contributed by atoms with Crippen LogP contribution in [0.2, 0.25) is 5.02 Å². The highest BCUT2D eigenvalue weighted by Gasteiger charge is 2.09. The van der Waals surface area contributed by atoms with Gasteiger partial charge in [-0.2, -0.15) is 0 Å². The average molecular weight is 359 g/mol. The highest BCUT2D eigenvalue weighted by Crippen LogP contribution is 2.22. The van der Waals surface area contributed by atoms with Crippen LogP contribution in [0.5, 0.6) is 5.75 Å². The van der Waals surface area contributed by atoms with Crippen molar-refractivity contribution in [3.05, 3.63) is 75.7 Å². The van der Waals surface area contributed by atoms with Gasteiger partial charge in [-0.25, -0.2) is 5.48 Å². The first-order valence-electron chi connectivity index (χ1n) is 7.55. The number of carbonyl (C=O) groups excluding carboxylic acids is 1. The maximum Gasteiger partial charge on any atom is 0.274 e. The van der Waals surface area contributed by atoms with Crippen LogP contribution in [0.1, 0.15) is 10.4 Å². The van der Waals surface area contributed by atoms with Crippen molar-refractivity contribution in [3.8, 4) is 5.75 Å². The molecule has 128 valence electrons. The molecular formula is C18H15ClN2O4. The molecule has 1 aromatic heterocycles. The number of rotatable bonds is 5. The van der Waals surface area contributed by atoms with Gasteiger partial charge in [0, 0.05) is 17.1 Å². The lowest BCUT2D eigenvalue weighted by molar-refractivity contribution is 0.0706. The van der Waals surface area contributed by atoms with E-state index in [1.807, 2.05) is 12.1 Å². The molecule has 0 aliphatic heterocycles. The van der Waals surface area contributed by atoms with Gasteiger partial charge in [0.15, 0.2) is 0 Å². The van der Waals surface area contributed by atoms with Crippen molar-refractivity contribution < 1.29 is 14.7 Å². The number of amides is 1. The van der Waals surface area contributed by atoms with Gasteiger partial charge in [-0.05, 0) is 35.7 Å². The molecule has 0 spiro atoms. The summed E-state index contributed by atoms with van der Waals surface area (Å²) in [5, 5.41) is 10.3. The van der Waals surface area contributed by atoms with Crippen molar-refractivity contribution in [2.45, 2.75) is 6.54 Å². The molecule has 0 saturated heterocycles. The molecule has 0 saturated carbocycles. The zero-order valence-electron chi connectivity index (χ0n) is 13.1. The predicted molar refractivity (Wildman–Crippen MR) is 94.4 cm³/mol. The number of hydrogen-bond donors (Lipinski definition) is 2. The van der Waals surface area contributed by atoms with Gasteiger partial charge in [0.2, 0.25) is 0 Å². The van der Waals surface area contributed by atoms with Crippen LogP contribution in [0.15, 0.2) is 59.5 Å². The quantitative estimate of drug-likeness (QED) is 0.543. The largest absolute Gasteiger partial charge is 0.490 e. The van der Waals surface area contributed by atoms with Gasteiger partial charge in [0.1, 0.15) is 12.4 Å². The number of pyridine rings is 1. The van der Waals surface area contributed by atoms with Crippen LogP contribution in [0.4, 0.5) is 0 Å². The van der Waals surface area contributed by atoms with E-state index in [2.05, 4.69) is 0 Å². The molecule has 0 fully saturated rings. The van der Waals surface area contributed by atoms with E-state index in [1.165, 1.54) is 16.7 Å². The van der Waals surface area contributed by atoms with Crippen LogP contribution >= 0.6 is 11.6 Å². The van der Waals surface area contributed by atoms with E-state index in [1.54, 1.807) is 35.9 Å². The third kappa shape index (κ3) is 3.65. The van der Waals surface area contributed by atoms with Crippen LogP contribution in [0.3, 0.4) is 0 Å². The number of aromatic nitrogens is 1. The molecular weight excluding hydrogens is 344 g/mol. The first-order valence-corrected chi connectivity index (χ1v) is 7.93. The number of hydrogen-bond acceptors (Lipinski definition) is 4. The molecule has 7 heteroatoms. The Bertz CT molecular complexity index is 984. The Morgan fingerprint density at radius 2 is 2.00 bits per heavy atom. The van der Waals surface area contributed by atoms with Gasteiger partial charge in [-0.3, -0.25) is 14.8 Å². The normalized spacial score (nSPS) is 10.6. The van der Waals surface area contributed by atoms with Gasteiger partial charge in [-0.15, -0.1) is 0 Å². The number of nitrogens with zero attached hydrogens (tertiary/aromatic N) is 1. The second-order valence-corrected chi connectivity index (χ2v) is 5.74. The Hall–Kier alpha value is -2.83. The number of hydroxylamine groups is 1. The van der Waals surface area contributed by atoms with Gasteiger partial charge in [-0.1, -0.05) is 29.8 Å². The zero-order valence-corrected chi connectivity index (χ0v) is 13.9. The third-order valence-corrected chi connectivity index (χ3v) is 4.08. The van der Waals surface area contributed by atoms with Crippen molar-refractivity contribution in [1.29, 1.82) is 0 Å². The van der Waals surface area contributed by atoms with Crippen molar-refractivity contribution in [3.63, 3.8) is 0 Å². The summed E-state index contributed by atoms with van der Waals surface area (Å²) >= 11 is 6.02. The fraction of sp³-hybridized carbons (Fsp3) is 0.111. The highest BCUT2D eigenvalue weighted by molar-refractivity contribution is 6.32. The molecule has 1 amide bonds. The zero-order chi connectivity index (χ0) is 17.8. The molecule has 0 atom stereocenters. The molecule has 0 unspecified atom stereocenters. The summed E-state index contributed by atoms with van der Waals surface area (Å²) in [4.78, 5) is 24.1. The first kappa shape index (κ1) is 17.0. The summed E-state index contributed by atoms with van der Waals surface area (Å²) < 4.78 is 7.10. The number of fused-ring (bicyclic) bond motifs is 1. The van der Waals surface area contributed by atoms with E-state index in [4.69, 9.17) is 21.5 Å². The monoisotopic (exact) mass is 358 g/mol. The molecule has 2 N–H and O–H groups in total. The van der Waals surface area contributed by atoms with E-state index in [9.17, 15) is 9.59 Å². The van der Waals surface area contributed by atoms with Gasteiger partial charge in [0.25, 0.3) is 11.5 Å². The summed E-state index contributed by atoms with van der Waals surface area (Å²) in [5.41, 5.74) is 1.52. The van der Waals surface area contributed by atoms with Crippen molar-refractivity contribution in [1.82, 2.24) is 10.0 Å². The summed E-state index contributed by atoms with van der Waals surface area (Å²) in [6.07, 6.45) is 1.67. The minimum atomic E-state index is -0.668. The Morgan fingerprint density at radius 3 is 2.76 bits per heavy atom. The standard InChI is InChI=1S/C18H15ClN2O4/c19-15-3-1-2-4-16(15)25-10-9-21-8-7-12-5-6-13(17(22)20-24)11-14(12)18(21)23/h1-8,11,24H,9-10H2,(H,20,22). The number of carbonyl (C=O) groups is 1. The minimum absolute atomic E-state index is 0.206. The number of ether oxygens (including phenoxy) is 1. The molecule has 1 heterocycles. The van der Waals surface area contributed by atoms with Crippen molar-refractivity contribution >= 4 is 28.3 Å². The Morgan fingerprint density at radius 1 is 1.20 bits per heavy atom. The van der Waals surface area contributed by atoms with E-state index < -0.39 is 5.91 Å². The lowest BCUT2D eigenvalue weighted by Gasteiger charge is -2.10. The highest BCUT2D eigenvalue weighted by atomic mass is 35.5. The fourth-order valence-corrected chi connectivity index (χ4v) is 2.67. The van der Waals surface area contributed by atoms with E-state index in [0.29, 0.717) is 28.1 Å². The molecule has 0 aliphatic carbocycles. The van der Waals surface area contributed by atoms with Crippen LogP contribution in [-0.2, 0) is 6.54 Å². The first-order chi connectivity index (χ1) is 12.1. The molecule has 0 radical (unpaired) electrons. The number of benzene rings is 2. The van der Waals surface area contributed by atoms with E-state index >= 15 is 0 Å². The van der Waals surface area contributed by atoms with Gasteiger partial charge >= 0.3 is 0 Å². The topological polar surface area (TPSA) is 80.6 Å². The Kier molecular flexibility index (Phi) is 5.02. The Labute approximate surface area is 148 Å². The van der Waals surface area contributed by atoms with Crippen LogP contribution in [0.25, 0.3) is 10.8 Å². The third-order valence-electron chi connectivity index (χ3n) is 3.77. The molecule has 25 heavy (non-hydrogen) atoms. The SMILES string of the molecule is O=C(NO)c1ccc2ccn(CCOc3ccccc3Cl)c(=O)c2c1. The molecule has 3 aromatic rings. The molecule has 3 rings (SSSR count). The summed E-state index contributed by atoms with van der Waals surface area (Å²) in [7, 11) is 0. The molecule has 2 aromatic carbocycles. The minimum Gasteiger partial charge on any atom is -0.490 e. The molecule has 0 aliphatic rings. The van der Waals surface area contributed by atoms with Crippen LogP contribution < -0.4 is 15.8 Å². The second-order valence-electron chi connectivity index (χ2n) is 5.34. The number of nitrogens with one attached hydrogen (secondary N) is 1. The summed E-state index contributed by atoms with van der Waals surface area (Å²) in [6.45, 7) is 0.600. The van der Waals surface area contributed by atoms with Crippen molar-refractivity contribution in [2.24, 2.45) is 0 Å². The number of halogens is 1. The lowest BCUT2D eigenvalue weighted by atomic mass is 10.1. The number of para-hydroxylation sites is 1. The van der Waals surface area contributed by atoms with Gasteiger partial charge < -0.3 is 9.30 Å². The van der Waals surface area contributed by atoms with E-state index in [-0.39, 0.29) is 17.7 Å². The summed E-state index contributed by atoms with van der Waals surface area (Å²) in [5.74, 6) is -0.112. The van der Waals surface area contributed by atoms with Crippen LogP contribution in [0, 0.1) is 0 Å². The van der Waals surface area contributed by atoms with Crippen molar-refractivity contribution in [2.75, 3.05) is 6.61 Å². The Balaban J connectivity index is 1.82. The maximum absolute atomic E-state index is 12.6. The van der Waals surface area contributed by atoms with E-state index in [0.717, 1.165) is 0 Å². The molecule has 0 bridgehead atoms.